The number of carboxylic acid groups (broad SMARTS) is 1. The number of hydrogen-bond donors (Lipinski definition) is 1. The van der Waals surface area contributed by atoms with Crippen LogP contribution in [0.15, 0.2) is 24.3 Å². The second-order valence-electron chi connectivity index (χ2n) is 3.65. The minimum Gasteiger partial charge on any atom is -0.480 e. The highest BCUT2D eigenvalue weighted by Crippen LogP contribution is 2.19. The third-order valence-electron chi connectivity index (χ3n) is 2.09. The highest BCUT2D eigenvalue weighted by atomic mass is 19.4. The average molecular weight is 279 g/mol. The van der Waals surface area contributed by atoms with E-state index in [0.29, 0.717) is 0 Å². The van der Waals surface area contributed by atoms with E-state index in [-0.39, 0.29) is 4.90 Å². The van der Waals surface area contributed by atoms with Crippen LogP contribution in [-0.4, -0.2) is 41.1 Å². The molecule has 0 aliphatic carbocycles. The van der Waals surface area contributed by atoms with E-state index in [4.69, 9.17) is 5.11 Å². The SMILES string of the molecule is O=C(O)CN(CC(F)(F)F)C(=O)c1ccccc1F. The van der Waals surface area contributed by atoms with E-state index in [1.807, 2.05) is 0 Å². The van der Waals surface area contributed by atoms with Gasteiger partial charge in [-0.1, -0.05) is 12.1 Å². The maximum atomic E-state index is 13.3. The van der Waals surface area contributed by atoms with Crippen LogP contribution in [0.4, 0.5) is 17.6 Å². The summed E-state index contributed by atoms with van der Waals surface area (Å²) in [7, 11) is 0. The lowest BCUT2D eigenvalue weighted by atomic mass is 10.2. The van der Waals surface area contributed by atoms with Gasteiger partial charge >= 0.3 is 12.1 Å². The topological polar surface area (TPSA) is 57.6 Å². The molecule has 19 heavy (non-hydrogen) atoms. The summed E-state index contributed by atoms with van der Waals surface area (Å²) in [6.07, 6.45) is -4.77. The van der Waals surface area contributed by atoms with Gasteiger partial charge in [0.1, 0.15) is 18.9 Å². The van der Waals surface area contributed by atoms with Crippen molar-refractivity contribution < 1.29 is 32.3 Å². The first-order chi connectivity index (χ1) is 8.70. The van der Waals surface area contributed by atoms with E-state index < -0.39 is 42.5 Å². The van der Waals surface area contributed by atoms with Crippen LogP contribution in [0.5, 0.6) is 0 Å². The quantitative estimate of drug-likeness (QED) is 0.857. The molecule has 104 valence electrons. The molecule has 0 saturated carbocycles. The molecule has 4 nitrogen and oxygen atoms in total. The number of halogens is 4. The van der Waals surface area contributed by atoms with Crippen molar-refractivity contribution in [3.63, 3.8) is 0 Å². The molecule has 0 atom stereocenters. The van der Waals surface area contributed by atoms with Crippen molar-refractivity contribution in [2.45, 2.75) is 6.18 Å². The van der Waals surface area contributed by atoms with Gasteiger partial charge < -0.3 is 10.0 Å². The fraction of sp³-hybridized carbons (Fsp3) is 0.273. The van der Waals surface area contributed by atoms with Crippen LogP contribution in [0.3, 0.4) is 0 Å². The van der Waals surface area contributed by atoms with Gasteiger partial charge in [-0.05, 0) is 12.1 Å². The Hall–Kier alpha value is -2.12. The molecule has 0 heterocycles. The zero-order valence-corrected chi connectivity index (χ0v) is 9.45. The molecule has 1 amide bonds. The molecule has 0 aliphatic rings. The predicted octanol–water partition coefficient (Wildman–Crippen LogP) is 1.91. The first-order valence-electron chi connectivity index (χ1n) is 5.03. The van der Waals surface area contributed by atoms with Gasteiger partial charge in [0.25, 0.3) is 5.91 Å². The molecule has 0 aliphatic heterocycles. The van der Waals surface area contributed by atoms with Crippen molar-refractivity contribution in [2.75, 3.05) is 13.1 Å². The summed E-state index contributed by atoms with van der Waals surface area (Å²) < 4.78 is 50.1. The fourth-order valence-electron chi connectivity index (χ4n) is 1.38. The number of amides is 1. The maximum Gasteiger partial charge on any atom is 0.406 e. The lowest BCUT2D eigenvalue weighted by molar-refractivity contribution is -0.149. The smallest absolute Gasteiger partial charge is 0.406 e. The van der Waals surface area contributed by atoms with Crippen LogP contribution < -0.4 is 0 Å². The van der Waals surface area contributed by atoms with Gasteiger partial charge in [-0.3, -0.25) is 9.59 Å². The van der Waals surface area contributed by atoms with Crippen LogP contribution in [0.25, 0.3) is 0 Å². The third-order valence-corrected chi connectivity index (χ3v) is 2.09. The highest BCUT2D eigenvalue weighted by Gasteiger charge is 2.34. The summed E-state index contributed by atoms with van der Waals surface area (Å²) in [5.74, 6) is -3.95. The lowest BCUT2D eigenvalue weighted by Gasteiger charge is -2.22. The van der Waals surface area contributed by atoms with Gasteiger partial charge in [0, 0.05) is 0 Å². The van der Waals surface area contributed by atoms with Gasteiger partial charge in [0.15, 0.2) is 0 Å². The van der Waals surface area contributed by atoms with E-state index in [1.54, 1.807) is 0 Å². The first kappa shape index (κ1) is 14.9. The second kappa shape index (κ2) is 5.68. The molecule has 0 spiro atoms. The molecule has 1 rings (SSSR count). The number of hydrogen-bond acceptors (Lipinski definition) is 2. The average Bonchev–Trinajstić information content (AvgIpc) is 2.25. The molecule has 1 N–H and O–H groups in total. The standard InChI is InChI=1S/C11H9F4NO3/c12-8-4-2-1-3-7(8)10(19)16(5-9(17)18)6-11(13,14)15/h1-4H,5-6H2,(H,17,18). The van der Waals surface area contributed by atoms with Gasteiger partial charge in [0.2, 0.25) is 0 Å². The molecule has 8 heteroatoms. The van der Waals surface area contributed by atoms with Crippen LogP contribution in [0.2, 0.25) is 0 Å². The Morgan fingerprint density at radius 2 is 1.79 bits per heavy atom. The van der Waals surface area contributed by atoms with Crippen molar-refractivity contribution in [3.8, 4) is 0 Å². The second-order valence-corrected chi connectivity index (χ2v) is 3.65. The summed E-state index contributed by atoms with van der Waals surface area (Å²) >= 11 is 0. The van der Waals surface area contributed by atoms with Gasteiger partial charge in [-0.25, -0.2) is 4.39 Å². The third kappa shape index (κ3) is 4.57. The molecule has 0 unspecified atom stereocenters. The molecule has 0 fully saturated rings. The molecular formula is C11H9F4NO3. The van der Waals surface area contributed by atoms with E-state index >= 15 is 0 Å². The Balaban J connectivity index is 3.01. The Kier molecular flexibility index (Phi) is 4.47. The molecule has 0 saturated heterocycles. The van der Waals surface area contributed by atoms with Gasteiger partial charge in [0.05, 0.1) is 5.56 Å². The zero-order valence-electron chi connectivity index (χ0n) is 9.45. The van der Waals surface area contributed by atoms with Crippen molar-refractivity contribution in [3.05, 3.63) is 35.6 Å². The summed E-state index contributed by atoms with van der Waals surface area (Å²) in [5.41, 5.74) is -0.604. The van der Waals surface area contributed by atoms with E-state index in [2.05, 4.69) is 0 Å². The Bertz CT molecular complexity index is 487. The summed E-state index contributed by atoms with van der Waals surface area (Å²) in [4.78, 5) is 22.2. The summed E-state index contributed by atoms with van der Waals surface area (Å²) in [6.45, 7) is -2.92. The van der Waals surface area contributed by atoms with Crippen molar-refractivity contribution >= 4 is 11.9 Å². The number of carbonyl (C=O) groups is 2. The number of aliphatic carboxylic acids is 1. The normalized spacial score (nSPS) is 11.2. The largest absolute Gasteiger partial charge is 0.480 e. The number of carbonyl (C=O) groups excluding carboxylic acids is 1. The molecule has 1 aromatic carbocycles. The molecule has 1 aromatic rings. The molecular weight excluding hydrogens is 270 g/mol. The van der Waals surface area contributed by atoms with E-state index in [0.717, 1.165) is 12.1 Å². The van der Waals surface area contributed by atoms with Crippen LogP contribution >= 0.6 is 0 Å². The van der Waals surface area contributed by atoms with Crippen LogP contribution in [0.1, 0.15) is 10.4 Å². The van der Waals surface area contributed by atoms with Crippen LogP contribution in [0, 0.1) is 5.82 Å². The lowest BCUT2D eigenvalue weighted by Crippen LogP contribution is -2.42. The maximum absolute atomic E-state index is 13.3. The van der Waals surface area contributed by atoms with Gasteiger partial charge in [-0.15, -0.1) is 0 Å². The first-order valence-corrected chi connectivity index (χ1v) is 5.03. The number of nitrogens with zero attached hydrogens (tertiary/aromatic N) is 1. The van der Waals surface area contributed by atoms with E-state index in [1.165, 1.54) is 12.1 Å². The van der Waals surface area contributed by atoms with E-state index in [9.17, 15) is 27.2 Å². The number of carboxylic acids is 1. The number of rotatable bonds is 4. The fourth-order valence-corrected chi connectivity index (χ4v) is 1.38. The molecule has 0 radical (unpaired) electrons. The minimum atomic E-state index is -4.77. The Labute approximate surface area is 105 Å². The Morgan fingerprint density at radius 3 is 2.26 bits per heavy atom. The van der Waals surface area contributed by atoms with Crippen LogP contribution in [-0.2, 0) is 4.79 Å². The van der Waals surface area contributed by atoms with Crippen molar-refractivity contribution in [2.24, 2.45) is 0 Å². The summed E-state index contributed by atoms with van der Waals surface area (Å²) in [5, 5.41) is 8.49. The number of benzene rings is 1. The van der Waals surface area contributed by atoms with Crippen molar-refractivity contribution in [1.29, 1.82) is 0 Å². The monoisotopic (exact) mass is 279 g/mol. The Morgan fingerprint density at radius 1 is 1.21 bits per heavy atom. The highest BCUT2D eigenvalue weighted by molar-refractivity contribution is 5.96. The summed E-state index contributed by atoms with van der Waals surface area (Å²) in [6, 6.07) is 4.42. The molecule has 0 aromatic heterocycles. The van der Waals surface area contributed by atoms with Gasteiger partial charge in [-0.2, -0.15) is 13.2 Å². The van der Waals surface area contributed by atoms with Crippen molar-refractivity contribution in [1.82, 2.24) is 4.90 Å². The molecule has 0 bridgehead atoms. The number of alkyl halides is 3. The zero-order chi connectivity index (χ0) is 14.6. The predicted molar refractivity (Wildman–Crippen MR) is 56.0 cm³/mol. The minimum absolute atomic E-state index is 0.0285.